The van der Waals surface area contributed by atoms with Gasteiger partial charge in [0.2, 0.25) is 0 Å². The number of carbonyl (C=O) groups is 2. The highest BCUT2D eigenvalue weighted by Gasteiger charge is 2.24. The Balaban J connectivity index is 2.10. The molecule has 0 spiro atoms. The molecule has 5 heteroatoms. The van der Waals surface area contributed by atoms with Crippen molar-refractivity contribution >= 4 is 17.4 Å². The number of hydrogen-bond donors (Lipinski definition) is 2. The zero-order valence-corrected chi connectivity index (χ0v) is 10.5. The average Bonchev–Trinajstić information content (AvgIpc) is 2.65. The summed E-state index contributed by atoms with van der Waals surface area (Å²) in [6.07, 6.45) is 3.05. The highest BCUT2D eigenvalue weighted by molar-refractivity contribution is 6.03. The van der Waals surface area contributed by atoms with Crippen molar-refractivity contribution in [3.05, 3.63) is 17.0 Å². The molecule has 0 atom stereocenters. The average molecular weight is 250 g/mol. The quantitative estimate of drug-likeness (QED) is 0.795. The number of Topliss-reactive ketones (excluding diaryl/α,β-unsaturated/α-hetero) is 1. The molecule has 0 fully saturated rings. The summed E-state index contributed by atoms with van der Waals surface area (Å²) >= 11 is 0. The molecule has 0 radical (unpaired) electrons. The van der Waals surface area contributed by atoms with Gasteiger partial charge in [-0.3, -0.25) is 9.59 Å². The standard InChI is InChI=1S/C13H18N2O3/c1-2-18-11(17)7-6-9-13(14)12-8(15-9)4-3-5-10(12)16/h15H,2-7,14H2,1H3. The van der Waals surface area contributed by atoms with E-state index in [1.807, 2.05) is 0 Å². The molecule has 0 bridgehead atoms. The molecule has 5 nitrogen and oxygen atoms in total. The van der Waals surface area contributed by atoms with Crippen LogP contribution < -0.4 is 5.73 Å². The van der Waals surface area contributed by atoms with Crippen molar-refractivity contribution in [3.63, 3.8) is 0 Å². The number of H-pyrrole nitrogens is 1. The Hall–Kier alpha value is -1.78. The van der Waals surface area contributed by atoms with Crippen molar-refractivity contribution in [2.75, 3.05) is 12.3 Å². The first-order chi connectivity index (χ1) is 8.63. The van der Waals surface area contributed by atoms with E-state index in [0.717, 1.165) is 24.2 Å². The van der Waals surface area contributed by atoms with E-state index in [0.29, 0.717) is 30.7 Å². The van der Waals surface area contributed by atoms with Crippen LogP contribution in [-0.4, -0.2) is 23.3 Å². The molecule has 0 saturated heterocycles. The van der Waals surface area contributed by atoms with Gasteiger partial charge in [-0.2, -0.15) is 0 Å². The number of hydrogen-bond acceptors (Lipinski definition) is 4. The Labute approximate surface area is 106 Å². The number of nitrogens with two attached hydrogens (primary N) is 1. The lowest BCUT2D eigenvalue weighted by atomic mass is 9.95. The van der Waals surface area contributed by atoms with Crippen molar-refractivity contribution in [1.82, 2.24) is 4.98 Å². The first-order valence-electron chi connectivity index (χ1n) is 6.31. The highest BCUT2D eigenvalue weighted by Crippen LogP contribution is 2.29. The van der Waals surface area contributed by atoms with Crippen molar-refractivity contribution in [3.8, 4) is 0 Å². The lowest BCUT2D eigenvalue weighted by Crippen LogP contribution is -2.10. The molecule has 0 aromatic carbocycles. The van der Waals surface area contributed by atoms with E-state index in [2.05, 4.69) is 4.98 Å². The number of aryl methyl sites for hydroxylation is 2. The van der Waals surface area contributed by atoms with Gasteiger partial charge in [0.05, 0.1) is 24.3 Å². The summed E-state index contributed by atoms with van der Waals surface area (Å²) in [4.78, 5) is 26.2. The van der Waals surface area contributed by atoms with Gasteiger partial charge in [-0.05, 0) is 26.2 Å². The monoisotopic (exact) mass is 250 g/mol. The van der Waals surface area contributed by atoms with Gasteiger partial charge >= 0.3 is 5.97 Å². The number of ether oxygens (including phenoxy) is 1. The van der Waals surface area contributed by atoms with Crippen molar-refractivity contribution in [2.24, 2.45) is 0 Å². The van der Waals surface area contributed by atoms with Crippen LogP contribution in [-0.2, 0) is 22.4 Å². The predicted octanol–water partition coefficient (Wildman–Crippen LogP) is 1.61. The molecule has 0 amide bonds. The maximum atomic E-state index is 11.8. The lowest BCUT2D eigenvalue weighted by Gasteiger charge is -2.09. The number of aromatic nitrogens is 1. The van der Waals surface area contributed by atoms with Crippen LogP contribution in [0.15, 0.2) is 0 Å². The van der Waals surface area contributed by atoms with Crippen LogP contribution in [0.5, 0.6) is 0 Å². The molecule has 1 aliphatic carbocycles. The fraction of sp³-hybridized carbons (Fsp3) is 0.538. The maximum Gasteiger partial charge on any atom is 0.306 e. The number of esters is 1. The topological polar surface area (TPSA) is 85.2 Å². The molecular weight excluding hydrogens is 232 g/mol. The number of anilines is 1. The third kappa shape index (κ3) is 2.39. The number of carbonyl (C=O) groups excluding carboxylic acids is 2. The summed E-state index contributed by atoms with van der Waals surface area (Å²) in [5.74, 6) is -0.136. The van der Waals surface area contributed by atoms with Gasteiger partial charge in [0.1, 0.15) is 0 Å². The Morgan fingerprint density at radius 2 is 2.22 bits per heavy atom. The molecule has 1 aliphatic rings. The number of nitrogens with one attached hydrogen (secondary N) is 1. The van der Waals surface area contributed by atoms with Crippen LogP contribution in [0.1, 0.15) is 47.9 Å². The molecule has 18 heavy (non-hydrogen) atoms. The summed E-state index contributed by atoms with van der Waals surface area (Å²) in [6, 6.07) is 0. The van der Waals surface area contributed by atoms with Gasteiger partial charge in [-0.1, -0.05) is 0 Å². The normalized spacial score (nSPS) is 14.4. The second-order valence-electron chi connectivity index (χ2n) is 4.45. The minimum absolute atomic E-state index is 0.104. The van der Waals surface area contributed by atoms with Gasteiger partial charge in [0.15, 0.2) is 5.78 Å². The fourth-order valence-corrected chi connectivity index (χ4v) is 2.34. The first kappa shape index (κ1) is 12.7. The minimum atomic E-state index is -0.240. The fourth-order valence-electron chi connectivity index (χ4n) is 2.34. The number of ketones is 1. The van der Waals surface area contributed by atoms with Crippen LogP contribution >= 0.6 is 0 Å². The Bertz CT molecular complexity index is 477. The number of fused-ring (bicyclic) bond motifs is 1. The molecule has 0 saturated carbocycles. The zero-order chi connectivity index (χ0) is 13.1. The molecule has 98 valence electrons. The minimum Gasteiger partial charge on any atom is -0.466 e. The Kier molecular flexibility index (Phi) is 3.69. The summed E-state index contributed by atoms with van der Waals surface area (Å²) in [5.41, 5.74) is 8.82. The van der Waals surface area contributed by atoms with Crippen LogP contribution in [0.2, 0.25) is 0 Å². The van der Waals surface area contributed by atoms with E-state index in [1.165, 1.54) is 0 Å². The van der Waals surface area contributed by atoms with Gasteiger partial charge in [-0.25, -0.2) is 0 Å². The number of nitrogen functional groups attached to an aromatic ring is 1. The molecule has 1 aromatic rings. The van der Waals surface area contributed by atoms with Gasteiger partial charge in [0.25, 0.3) is 0 Å². The maximum absolute atomic E-state index is 11.8. The Morgan fingerprint density at radius 1 is 1.44 bits per heavy atom. The molecule has 2 rings (SSSR count). The van der Waals surface area contributed by atoms with E-state index in [1.54, 1.807) is 6.92 Å². The molecular formula is C13H18N2O3. The smallest absolute Gasteiger partial charge is 0.306 e. The third-order valence-electron chi connectivity index (χ3n) is 3.19. The molecule has 3 N–H and O–H groups in total. The second kappa shape index (κ2) is 5.25. The van der Waals surface area contributed by atoms with Crippen LogP contribution in [0.3, 0.4) is 0 Å². The van der Waals surface area contributed by atoms with Crippen LogP contribution in [0.25, 0.3) is 0 Å². The van der Waals surface area contributed by atoms with Crippen LogP contribution in [0.4, 0.5) is 5.69 Å². The Morgan fingerprint density at radius 3 is 2.89 bits per heavy atom. The third-order valence-corrected chi connectivity index (χ3v) is 3.19. The predicted molar refractivity (Wildman–Crippen MR) is 67.4 cm³/mol. The SMILES string of the molecule is CCOC(=O)CCc1[nH]c2c(c1N)C(=O)CCC2. The van der Waals surface area contributed by atoms with Crippen molar-refractivity contribution in [2.45, 2.75) is 39.0 Å². The van der Waals surface area contributed by atoms with Gasteiger partial charge in [-0.15, -0.1) is 0 Å². The van der Waals surface area contributed by atoms with Crippen LogP contribution in [0, 0.1) is 0 Å². The van der Waals surface area contributed by atoms with E-state index < -0.39 is 0 Å². The highest BCUT2D eigenvalue weighted by atomic mass is 16.5. The summed E-state index contributed by atoms with van der Waals surface area (Å²) < 4.78 is 4.87. The zero-order valence-electron chi connectivity index (χ0n) is 10.5. The lowest BCUT2D eigenvalue weighted by molar-refractivity contribution is -0.143. The second-order valence-corrected chi connectivity index (χ2v) is 4.45. The molecule has 1 heterocycles. The largest absolute Gasteiger partial charge is 0.466 e. The van der Waals surface area contributed by atoms with E-state index in [4.69, 9.17) is 10.5 Å². The van der Waals surface area contributed by atoms with E-state index >= 15 is 0 Å². The first-order valence-corrected chi connectivity index (χ1v) is 6.31. The molecule has 1 aromatic heterocycles. The molecule has 0 aliphatic heterocycles. The summed E-state index contributed by atoms with van der Waals surface area (Å²) in [7, 11) is 0. The van der Waals surface area contributed by atoms with E-state index in [-0.39, 0.29) is 18.2 Å². The van der Waals surface area contributed by atoms with E-state index in [9.17, 15) is 9.59 Å². The van der Waals surface area contributed by atoms with Crippen molar-refractivity contribution in [1.29, 1.82) is 0 Å². The summed E-state index contributed by atoms with van der Waals surface area (Å²) in [6.45, 7) is 2.16. The molecule has 0 unspecified atom stereocenters. The summed E-state index contributed by atoms with van der Waals surface area (Å²) in [5, 5.41) is 0. The number of aromatic amines is 1. The number of rotatable bonds is 4. The van der Waals surface area contributed by atoms with Crippen molar-refractivity contribution < 1.29 is 14.3 Å². The van der Waals surface area contributed by atoms with Gasteiger partial charge < -0.3 is 15.5 Å². The van der Waals surface area contributed by atoms with Gasteiger partial charge in [0, 0.05) is 17.8 Å².